The van der Waals surface area contributed by atoms with Crippen molar-refractivity contribution >= 4 is 10.0 Å². The molecular weight excluding hydrogens is 281 g/mol. The Kier molecular flexibility index (Phi) is 4.25. The first-order chi connectivity index (χ1) is 9.38. The smallest absolute Gasteiger partial charge is 0.240 e. The molecule has 0 fully saturated rings. The second kappa shape index (κ2) is 5.76. The zero-order chi connectivity index (χ0) is 14.8. The molecule has 0 aliphatic carbocycles. The van der Waals surface area contributed by atoms with Gasteiger partial charge in [0.15, 0.2) is 0 Å². The van der Waals surface area contributed by atoms with Gasteiger partial charge in [-0.3, -0.25) is 0 Å². The van der Waals surface area contributed by atoms with E-state index in [0.717, 1.165) is 6.07 Å². The number of sulfonamides is 1. The van der Waals surface area contributed by atoms with Gasteiger partial charge in [-0.25, -0.2) is 17.5 Å². The van der Waals surface area contributed by atoms with Crippen LogP contribution in [-0.4, -0.2) is 14.5 Å². The second-order valence-electron chi connectivity index (χ2n) is 4.72. The van der Waals surface area contributed by atoms with Gasteiger partial charge >= 0.3 is 0 Å². The Hall–Kier alpha value is -1.66. The van der Waals surface area contributed by atoms with E-state index in [-0.39, 0.29) is 10.9 Å². The summed E-state index contributed by atoms with van der Waals surface area (Å²) in [5.41, 5.74) is 0.298. The number of furan rings is 1. The minimum Gasteiger partial charge on any atom is -0.469 e. The van der Waals surface area contributed by atoms with Crippen LogP contribution >= 0.6 is 0 Å². The molecule has 0 bridgehead atoms. The summed E-state index contributed by atoms with van der Waals surface area (Å²) in [6.07, 6.45) is 1.99. The number of halogens is 1. The van der Waals surface area contributed by atoms with Crippen molar-refractivity contribution in [2.45, 2.75) is 31.2 Å². The highest BCUT2D eigenvalue weighted by Gasteiger charge is 2.19. The highest BCUT2D eigenvalue weighted by Crippen LogP contribution is 2.15. The van der Waals surface area contributed by atoms with Crippen LogP contribution < -0.4 is 4.72 Å². The molecule has 2 aromatic rings. The zero-order valence-electron chi connectivity index (χ0n) is 11.3. The molecule has 1 N–H and O–H groups in total. The third-order valence-electron chi connectivity index (χ3n) is 2.88. The molecule has 1 aromatic carbocycles. The predicted octanol–water partition coefficient (Wildman–Crippen LogP) is 2.64. The highest BCUT2D eigenvalue weighted by atomic mass is 32.2. The molecule has 0 saturated carbocycles. The molecule has 4 nitrogen and oxygen atoms in total. The Morgan fingerprint density at radius 2 is 2.10 bits per heavy atom. The summed E-state index contributed by atoms with van der Waals surface area (Å²) >= 11 is 0. The molecule has 1 aromatic heterocycles. The molecule has 2 rings (SSSR count). The minimum atomic E-state index is -3.66. The average Bonchev–Trinajstić information content (AvgIpc) is 2.84. The van der Waals surface area contributed by atoms with Gasteiger partial charge in [-0.05, 0) is 49.7 Å². The first kappa shape index (κ1) is 14.7. The van der Waals surface area contributed by atoms with E-state index in [4.69, 9.17) is 4.42 Å². The maximum absolute atomic E-state index is 13.2. The standard InChI is InChI=1S/C14H16FNO3S/c1-10-8-13(5-6-14(10)15)20(17,18)16-11(2)9-12-4-3-7-19-12/h3-8,11,16H,9H2,1-2H3. The molecular formula is C14H16FNO3S. The van der Waals surface area contributed by atoms with E-state index < -0.39 is 15.8 Å². The second-order valence-corrected chi connectivity index (χ2v) is 6.43. The van der Waals surface area contributed by atoms with E-state index >= 15 is 0 Å². The molecule has 0 aliphatic heterocycles. The lowest BCUT2D eigenvalue weighted by Crippen LogP contribution is -2.34. The topological polar surface area (TPSA) is 59.3 Å². The van der Waals surface area contributed by atoms with Gasteiger partial charge in [0, 0.05) is 12.5 Å². The van der Waals surface area contributed by atoms with Gasteiger partial charge in [0.1, 0.15) is 11.6 Å². The lowest BCUT2D eigenvalue weighted by Gasteiger charge is -2.13. The molecule has 1 atom stereocenters. The van der Waals surface area contributed by atoms with Gasteiger partial charge in [-0.15, -0.1) is 0 Å². The number of aryl methyl sites for hydroxylation is 1. The largest absolute Gasteiger partial charge is 0.469 e. The van der Waals surface area contributed by atoms with Gasteiger partial charge in [0.2, 0.25) is 10.0 Å². The summed E-state index contributed by atoms with van der Waals surface area (Å²) < 4.78 is 45.2. The van der Waals surface area contributed by atoms with Crippen LogP contribution in [0.1, 0.15) is 18.2 Å². The summed E-state index contributed by atoms with van der Waals surface area (Å²) in [6.45, 7) is 3.27. The van der Waals surface area contributed by atoms with Gasteiger partial charge in [0.05, 0.1) is 11.2 Å². The number of rotatable bonds is 5. The van der Waals surface area contributed by atoms with Gasteiger partial charge in [-0.1, -0.05) is 0 Å². The zero-order valence-corrected chi connectivity index (χ0v) is 12.1. The summed E-state index contributed by atoms with van der Waals surface area (Å²) in [7, 11) is -3.66. The molecule has 20 heavy (non-hydrogen) atoms. The SMILES string of the molecule is Cc1cc(S(=O)(=O)NC(C)Cc2ccco2)ccc1F. The van der Waals surface area contributed by atoms with E-state index in [1.165, 1.54) is 19.1 Å². The van der Waals surface area contributed by atoms with Crippen molar-refractivity contribution < 1.29 is 17.2 Å². The Balaban J connectivity index is 2.12. The normalized spacial score (nSPS) is 13.3. The highest BCUT2D eigenvalue weighted by molar-refractivity contribution is 7.89. The Morgan fingerprint density at radius 1 is 1.35 bits per heavy atom. The minimum absolute atomic E-state index is 0.0581. The van der Waals surface area contributed by atoms with Crippen LogP contribution in [0.15, 0.2) is 45.9 Å². The third kappa shape index (κ3) is 3.46. The van der Waals surface area contributed by atoms with E-state index in [1.54, 1.807) is 25.3 Å². The van der Waals surface area contributed by atoms with Crippen LogP contribution in [0, 0.1) is 12.7 Å². The van der Waals surface area contributed by atoms with Crippen molar-refractivity contribution in [1.29, 1.82) is 0 Å². The lowest BCUT2D eigenvalue weighted by molar-refractivity contribution is 0.479. The fraction of sp³-hybridized carbons (Fsp3) is 0.286. The van der Waals surface area contributed by atoms with Crippen molar-refractivity contribution in [2.24, 2.45) is 0 Å². The third-order valence-corrected chi connectivity index (χ3v) is 4.47. The molecule has 1 heterocycles. The molecule has 1 unspecified atom stereocenters. The van der Waals surface area contributed by atoms with Crippen LogP contribution in [0.2, 0.25) is 0 Å². The van der Waals surface area contributed by atoms with Crippen LogP contribution in [0.25, 0.3) is 0 Å². The van der Waals surface area contributed by atoms with Crippen molar-refractivity contribution in [3.05, 3.63) is 53.7 Å². The van der Waals surface area contributed by atoms with Crippen molar-refractivity contribution in [1.82, 2.24) is 4.72 Å². The van der Waals surface area contributed by atoms with Crippen LogP contribution in [0.4, 0.5) is 4.39 Å². The van der Waals surface area contributed by atoms with E-state index in [0.29, 0.717) is 17.7 Å². The van der Waals surface area contributed by atoms with E-state index in [1.807, 2.05) is 0 Å². The summed E-state index contributed by atoms with van der Waals surface area (Å²) in [5, 5.41) is 0. The number of nitrogens with one attached hydrogen (secondary N) is 1. The van der Waals surface area contributed by atoms with Crippen molar-refractivity contribution in [2.75, 3.05) is 0 Å². The van der Waals surface area contributed by atoms with Crippen LogP contribution in [0.3, 0.4) is 0 Å². The average molecular weight is 297 g/mol. The van der Waals surface area contributed by atoms with Crippen LogP contribution in [0.5, 0.6) is 0 Å². The molecule has 0 radical (unpaired) electrons. The first-order valence-electron chi connectivity index (χ1n) is 6.19. The van der Waals surface area contributed by atoms with Crippen molar-refractivity contribution in [3.8, 4) is 0 Å². The lowest BCUT2D eigenvalue weighted by atomic mass is 10.2. The Bertz CT molecular complexity index is 680. The monoisotopic (exact) mass is 297 g/mol. The fourth-order valence-corrected chi connectivity index (χ4v) is 3.22. The number of hydrogen-bond donors (Lipinski definition) is 1. The molecule has 0 spiro atoms. The fourth-order valence-electron chi connectivity index (χ4n) is 1.89. The number of hydrogen-bond acceptors (Lipinski definition) is 3. The van der Waals surface area contributed by atoms with Gasteiger partial charge in [-0.2, -0.15) is 0 Å². The van der Waals surface area contributed by atoms with Gasteiger partial charge in [0.25, 0.3) is 0 Å². The van der Waals surface area contributed by atoms with E-state index in [9.17, 15) is 12.8 Å². The van der Waals surface area contributed by atoms with E-state index in [2.05, 4.69) is 4.72 Å². The molecule has 0 aliphatic rings. The first-order valence-corrected chi connectivity index (χ1v) is 7.67. The molecule has 108 valence electrons. The maximum atomic E-state index is 13.2. The molecule has 6 heteroatoms. The summed E-state index contributed by atoms with van der Waals surface area (Å²) in [6, 6.07) is 6.94. The summed E-state index contributed by atoms with van der Waals surface area (Å²) in [4.78, 5) is 0.0581. The van der Waals surface area contributed by atoms with Crippen LogP contribution in [-0.2, 0) is 16.4 Å². The quantitative estimate of drug-likeness (QED) is 0.923. The Morgan fingerprint density at radius 3 is 2.70 bits per heavy atom. The van der Waals surface area contributed by atoms with Gasteiger partial charge < -0.3 is 4.42 Å². The Labute approximate surface area is 117 Å². The molecule has 0 amide bonds. The maximum Gasteiger partial charge on any atom is 0.240 e. The summed E-state index contributed by atoms with van der Waals surface area (Å²) in [5.74, 6) is 0.281. The predicted molar refractivity (Wildman–Crippen MR) is 73.3 cm³/mol. The van der Waals surface area contributed by atoms with Crippen molar-refractivity contribution in [3.63, 3.8) is 0 Å². The number of benzene rings is 1. The molecule has 0 saturated heterocycles.